The molecule has 6 aliphatic rings. The Morgan fingerprint density at radius 3 is 1.34 bits per heavy atom. The number of esters is 2. The second-order valence-electron chi connectivity index (χ2n) is 34.5. The molecule has 0 aliphatic carbocycles. The van der Waals surface area contributed by atoms with Crippen molar-refractivity contribution in [2.75, 3.05) is 79.5 Å². The van der Waals surface area contributed by atoms with E-state index < -0.39 is 162 Å². The van der Waals surface area contributed by atoms with Gasteiger partial charge in [-0.3, -0.25) is 39.4 Å². The van der Waals surface area contributed by atoms with Gasteiger partial charge in [-0.1, -0.05) is 97.5 Å². The highest BCUT2D eigenvalue weighted by atomic mass is 35.5. The molecule has 4 fully saturated rings. The van der Waals surface area contributed by atoms with Crippen LogP contribution in [0.1, 0.15) is 190 Å². The Morgan fingerprint density at radius 2 is 0.984 bits per heavy atom. The van der Waals surface area contributed by atoms with Crippen LogP contribution in [0.25, 0.3) is 0 Å². The lowest BCUT2D eigenvalue weighted by molar-refractivity contribution is -0.162. The van der Waals surface area contributed by atoms with Crippen molar-refractivity contribution in [3.8, 4) is 11.5 Å². The molecule has 0 saturated carbocycles. The summed E-state index contributed by atoms with van der Waals surface area (Å²) in [5.74, 6) is -4.59. The monoisotopic (exact) mass is 1760 g/mol. The molecular formula is C88H127Cl2N9O24. The van der Waals surface area contributed by atoms with E-state index in [0.717, 1.165) is 22.3 Å². The lowest BCUT2D eigenvalue weighted by Gasteiger charge is -2.42. The molecule has 682 valence electrons. The molecule has 8 rings (SSSR count). The number of hydrogen-bond acceptors (Lipinski definition) is 24. The highest BCUT2D eigenvalue weighted by molar-refractivity contribution is 6.36. The summed E-state index contributed by atoms with van der Waals surface area (Å²) < 4.78 is 64.8. The minimum absolute atomic E-state index is 0.000776. The zero-order valence-electron chi connectivity index (χ0n) is 74.3. The number of aliphatic hydroxyl groups is 2. The Hall–Kier alpha value is -9.09. The second-order valence-corrected chi connectivity index (χ2v) is 35.3. The summed E-state index contributed by atoms with van der Waals surface area (Å²) in [4.78, 5) is 156. The second kappa shape index (κ2) is 43.2. The van der Waals surface area contributed by atoms with Crippen LogP contribution in [-0.4, -0.2) is 251 Å². The number of rotatable bonds is 29. The van der Waals surface area contributed by atoms with Crippen LogP contribution in [0.15, 0.2) is 71.9 Å². The van der Waals surface area contributed by atoms with Gasteiger partial charge in [0.05, 0.1) is 50.6 Å². The number of fused-ring (bicyclic) bond motifs is 10. The van der Waals surface area contributed by atoms with Gasteiger partial charge in [0.25, 0.3) is 0 Å². The molecule has 0 spiro atoms. The quantitative estimate of drug-likeness (QED) is 0.0172. The standard InChI is InChI=1S/C88H127Cl2N9O24/c1-50-28-26-30-65(115-18)87(111)48-63(117-82(109)94-87)52(3)77-85(10,121-77)67(46-73(104)98(14)59-42-56(40-50)44-61(113-16)75(59)89)119-79(106)54(5)96(12)71(102)32-22-20-24-38-91-69(100)36-34-58(93-81(108)123-84(7,8)9)35-37-70(101)92-39-25-21-23-33-72(103)97(13)55(6)80(107)120-68-47-74(105)99(15)60-43-57(45-62(114-17)76(60)90)41-51(2)29-27-31-66(116-19)88(112)49-64(118-83(110)95-88)53(4)78-86(68,11)122-78/h26-31,42-45,52-55,58,63-68,77-78,111-112H,20-25,32-41,46-49H2,1-19H3,(H,91,100)(H,92,101)(H,93,108)(H,94,109)(H,95,110)/b30-26+,31-27+,50-28+,51-29+/t52-,53-,54+,55+,58?,63?,64?,65-,66-,67+,68+,77?,78?,85+,86+,87+,88+/m1/s1. The van der Waals surface area contributed by atoms with Gasteiger partial charge in [0.15, 0.2) is 11.4 Å². The van der Waals surface area contributed by atoms with Gasteiger partial charge in [-0.05, 0) is 149 Å². The first-order valence-corrected chi connectivity index (χ1v) is 42.8. The lowest BCUT2D eigenvalue weighted by Crippen LogP contribution is -2.63. The first kappa shape index (κ1) is 99.3. The molecule has 4 unspecified atom stereocenters. The first-order chi connectivity index (χ1) is 57.8. The molecule has 4 saturated heterocycles. The van der Waals surface area contributed by atoms with E-state index in [0.29, 0.717) is 74.2 Å². The number of methoxy groups -OCH3 is 4. The summed E-state index contributed by atoms with van der Waals surface area (Å²) in [6.07, 6.45) is 3.04. The van der Waals surface area contributed by atoms with Gasteiger partial charge >= 0.3 is 30.2 Å². The molecule has 0 aromatic heterocycles. The molecular weight excluding hydrogens is 1640 g/mol. The average Bonchev–Trinajstić information content (AvgIpc) is 1.57. The molecule has 6 aliphatic heterocycles. The van der Waals surface area contributed by atoms with E-state index in [4.69, 9.17) is 75.3 Å². The molecule has 7 N–H and O–H groups in total. The van der Waals surface area contributed by atoms with Crippen LogP contribution in [0, 0.1) is 11.8 Å². The maximum absolute atomic E-state index is 14.5. The smallest absolute Gasteiger partial charge is 0.409 e. The zero-order chi connectivity index (χ0) is 91.0. The number of halogens is 2. The Balaban J connectivity index is 0.781. The normalized spacial score (nSPS) is 28.9. The average molecular weight is 1770 g/mol. The number of likely N-dealkylation sites (N-methyl/N-ethyl adjacent to an activating group) is 2. The topological polar surface area (TPSA) is 409 Å². The van der Waals surface area contributed by atoms with E-state index in [1.54, 1.807) is 111 Å². The van der Waals surface area contributed by atoms with Gasteiger partial charge in [0.1, 0.15) is 87.1 Å². The van der Waals surface area contributed by atoms with E-state index in [9.17, 15) is 63.0 Å². The van der Waals surface area contributed by atoms with Crippen LogP contribution >= 0.6 is 23.2 Å². The number of benzene rings is 2. The minimum atomic E-state index is -1.91. The SMILES string of the molecule is COc1cc2cc(c1Cl)N(C)C(=O)C[C@H](OC(=O)[C@H](C)N(C)C(=O)CCCCCNC(=O)CCC(CCC(=O)NCCCCCC(=O)N(C)[C@@H](C)C(=O)O[C@H]1CC(=O)N(C)c3cc(cc(OC)c3Cl)C/C(C)=C/C=C/[C@@H](OC)[C@@]3(O)CC(OC(=O)N3)[C@@H](C)C3O[C@]31C)NC(=O)OC(C)(C)C)[C@]1(C)OC1[C@H](C)C1C[C@@](O)(NC(=O)O1)[C@H](OC)/C=C/C=C(\C)C2. The summed E-state index contributed by atoms with van der Waals surface area (Å²) in [6, 6.07) is 4.16. The molecule has 33 nitrogen and oxygen atoms in total. The Morgan fingerprint density at radius 1 is 0.602 bits per heavy atom. The molecule has 8 bridgehead atoms. The summed E-state index contributed by atoms with van der Waals surface area (Å²) >= 11 is 13.7. The fourth-order valence-corrected chi connectivity index (χ4v) is 16.6. The third kappa shape index (κ3) is 26.3. The molecule has 9 amide bonds. The number of epoxide rings is 2. The van der Waals surface area contributed by atoms with Gasteiger partial charge in [-0.15, -0.1) is 0 Å². The highest BCUT2D eigenvalue weighted by Gasteiger charge is 2.66. The number of nitrogens with zero attached hydrogens (tertiary/aromatic N) is 4. The van der Waals surface area contributed by atoms with Crippen molar-refractivity contribution in [2.24, 2.45) is 11.8 Å². The predicted octanol–water partition coefficient (Wildman–Crippen LogP) is 9.85. The van der Waals surface area contributed by atoms with Crippen LogP contribution < -0.4 is 45.9 Å². The van der Waals surface area contributed by atoms with Crippen molar-refractivity contribution >= 4 is 100 Å². The fourth-order valence-electron chi connectivity index (χ4n) is 16.0. The number of allylic oxidation sites excluding steroid dienone is 6. The maximum Gasteiger partial charge on any atom is 0.409 e. The van der Waals surface area contributed by atoms with Crippen LogP contribution in [0.2, 0.25) is 10.0 Å². The number of unbranched alkanes of at least 4 members (excludes halogenated alkanes) is 4. The molecule has 16 atom stereocenters. The number of alkyl carbamates (subject to hydrolysis) is 3. The molecule has 0 radical (unpaired) electrons. The summed E-state index contributed by atoms with van der Waals surface area (Å²) in [5, 5.41) is 37.9. The van der Waals surface area contributed by atoms with Crippen molar-refractivity contribution in [3.63, 3.8) is 0 Å². The molecule has 123 heavy (non-hydrogen) atoms. The number of carbonyl (C=O) groups is 11. The molecule has 6 heterocycles. The number of amides is 9. The zero-order valence-corrected chi connectivity index (χ0v) is 75.9. The van der Waals surface area contributed by atoms with Gasteiger partial charge in [0, 0.05) is 112 Å². The first-order valence-electron chi connectivity index (χ1n) is 42.1. The van der Waals surface area contributed by atoms with Crippen molar-refractivity contribution in [2.45, 2.75) is 287 Å². The summed E-state index contributed by atoms with van der Waals surface area (Å²) in [5.41, 5.74) is -3.37. The van der Waals surface area contributed by atoms with Crippen LogP contribution in [0.4, 0.5) is 25.8 Å². The van der Waals surface area contributed by atoms with Crippen molar-refractivity contribution < 1.29 is 115 Å². The molecule has 35 heteroatoms. The number of ether oxygens (including phenoxy) is 11. The largest absolute Gasteiger partial charge is 0.495 e. The third-order valence-corrected chi connectivity index (χ3v) is 24.7. The number of carbonyl (C=O) groups excluding carboxylic acids is 11. The predicted molar refractivity (Wildman–Crippen MR) is 456 cm³/mol. The van der Waals surface area contributed by atoms with Gasteiger partial charge in [0.2, 0.25) is 35.4 Å². The Bertz CT molecular complexity index is 4040. The fraction of sp³-hybridized carbons (Fsp3) is 0.648. The van der Waals surface area contributed by atoms with E-state index in [1.165, 1.54) is 76.0 Å². The van der Waals surface area contributed by atoms with Gasteiger partial charge < -0.3 is 97.9 Å². The van der Waals surface area contributed by atoms with Crippen molar-refractivity contribution in [3.05, 3.63) is 93.0 Å². The highest BCUT2D eigenvalue weighted by Crippen LogP contribution is 2.52. The number of nitrogens with one attached hydrogen (secondary N) is 5. The Kier molecular flexibility index (Phi) is 34.9. The number of anilines is 2. The minimum Gasteiger partial charge on any atom is -0.495 e. The molecule has 2 aromatic carbocycles. The van der Waals surface area contributed by atoms with Gasteiger partial charge in [-0.25, -0.2) is 24.0 Å². The van der Waals surface area contributed by atoms with E-state index >= 15 is 0 Å². The maximum atomic E-state index is 14.5. The summed E-state index contributed by atoms with van der Waals surface area (Å²) in [7, 11) is 11.8. The van der Waals surface area contributed by atoms with Gasteiger partial charge in [-0.2, -0.15) is 0 Å². The Labute approximate surface area is 730 Å². The third-order valence-electron chi connectivity index (χ3n) is 24.0. The van der Waals surface area contributed by atoms with Crippen LogP contribution in [-0.2, 0) is 93.8 Å². The lowest BCUT2D eigenvalue weighted by atomic mass is 9.83. The summed E-state index contributed by atoms with van der Waals surface area (Å²) in [6.45, 7) is 19.4. The van der Waals surface area contributed by atoms with E-state index in [2.05, 4.69) is 26.6 Å². The molecule has 2 aromatic rings. The van der Waals surface area contributed by atoms with Crippen molar-refractivity contribution in [1.29, 1.82) is 0 Å². The van der Waals surface area contributed by atoms with Crippen LogP contribution in [0.5, 0.6) is 11.5 Å². The number of hydrogen-bond donors (Lipinski definition) is 7. The van der Waals surface area contributed by atoms with Crippen LogP contribution in [0.3, 0.4) is 0 Å². The van der Waals surface area contributed by atoms with E-state index in [1.807, 2.05) is 26.0 Å². The van der Waals surface area contributed by atoms with E-state index in [-0.39, 0.29) is 98.1 Å². The van der Waals surface area contributed by atoms with Crippen molar-refractivity contribution in [1.82, 2.24) is 36.4 Å².